The number of thiazole rings is 1. The Balaban J connectivity index is 1.92. The maximum Gasteiger partial charge on any atom is 0.433 e. The first-order valence-electron chi connectivity index (χ1n) is 8.67. The molecule has 0 aliphatic heterocycles. The number of para-hydroxylation sites is 1. The highest BCUT2D eigenvalue weighted by Gasteiger charge is 2.26. The van der Waals surface area contributed by atoms with Crippen LogP contribution in [-0.2, 0) is 0 Å². The van der Waals surface area contributed by atoms with Gasteiger partial charge in [-0.25, -0.2) is 4.98 Å². The van der Waals surface area contributed by atoms with E-state index in [0.717, 1.165) is 23.3 Å². The van der Waals surface area contributed by atoms with Gasteiger partial charge in [0, 0.05) is 13.1 Å². The van der Waals surface area contributed by atoms with Crippen LogP contribution in [0.2, 0.25) is 0 Å². The van der Waals surface area contributed by atoms with Crippen molar-refractivity contribution in [1.29, 1.82) is 0 Å². The SMILES string of the molecule is CCN(CC)CCN(C(=O)c1ccc([N+](=O)[O-])o1)c1nc2ccccc2s1. The summed E-state index contributed by atoms with van der Waals surface area (Å²) in [6, 6.07) is 10.2. The molecular weight excluding hydrogens is 368 g/mol. The Morgan fingerprint density at radius 3 is 2.56 bits per heavy atom. The van der Waals surface area contributed by atoms with E-state index in [4.69, 9.17) is 4.42 Å². The molecule has 2 aromatic heterocycles. The lowest BCUT2D eigenvalue weighted by atomic mass is 10.3. The Hall–Kier alpha value is -2.78. The van der Waals surface area contributed by atoms with Gasteiger partial charge in [0.25, 0.3) is 5.91 Å². The Morgan fingerprint density at radius 2 is 1.93 bits per heavy atom. The van der Waals surface area contributed by atoms with Crippen molar-refractivity contribution in [2.24, 2.45) is 0 Å². The molecule has 0 saturated carbocycles. The maximum atomic E-state index is 13.0. The Labute approximate surface area is 160 Å². The summed E-state index contributed by atoms with van der Waals surface area (Å²) in [5, 5.41) is 11.4. The van der Waals surface area contributed by atoms with Crippen LogP contribution in [0, 0.1) is 10.1 Å². The fourth-order valence-electron chi connectivity index (χ4n) is 2.71. The molecule has 1 aromatic carbocycles. The molecule has 0 bridgehead atoms. The van der Waals surface area contributed by atoms with E-state index in [-0.39, 0.29) is 5.76 Å². The largest absolute Gasteiger partial charge is 0.433 e. The van der Waals surface area contributed by atoms with Crippen LogP contribution in [0.15, 0.2) is 40.8 Å². The average molecular weight is 388 g/mol. The third kappa shape index (κ3) is 4.15. The zero-order valence-corrected chi connectivity index (χ0v) is 15.9. The molecule has 0 saturated heterocycles. The highest BCUT2D eigenvalue weighted by molar-refractivity contribution is 7.22. The smallest absolute Gasteiger partial charge is 0.395 e. The Morgan fingerprint density at radius 1 is 1.19 bits per heavy atom. The topological polar surface area (TPSA) is 92.7 Å². The van der Waals surface area contributed by atoms with Gasteiger partial charge in [-0.2, -0.15) is 0 Å². The minimum atomic E-state index is -0.658. The number of benzene rings is 1. The van der Waals surface area contributed by atoms with Crippen LogP contribution >= 0.6 is 11.3 Å². The van der Waals surface area contributed by atoms with Gasteiger partial charge in [-0.05, 0) is 31.3 Å². The van der Waals surface area contributed by atoms with Crippen LogP contribution < -0.4 is 4.90 Å². The third-order valence-electron chi connectivity index (χ3n) is 4.28. The maximum absolute atomic E-state index is 13.0. The monoisotopic (exact) mass is 388 g/mol. The van der Waals surface area contributed by atoms with Crippen molar-refractivity contribution >= 4 is 38.5 Å². The number of amides is 1. The van der Waals surface area contributed by atoms with Crippen LogP contribution in [0.4, 0.5) is 11.0 Å². The first kappa shape index (κ1) is 19.0. The van der Waals surface area contributed by atoms with Crippen LogP contribution in [0.1, 0.15) is 24.4 Å². The second kappa shape index (κ2) is 8.28. The van der Waals surface area contributed by atoms with Crippen LogP contribution in [0.25, 0.3) is 10.2 Å². The van der Waals surface area contributed by atoms with Crippen LogP contribution in [-0.4, -0.2) is 46.9 Å². The fraction of sp³-hybridized carbons (Fsp3) is 0.333. The number of likely N-dealkylation sites (N-methyl/N-ethyl adjacent to an activating group) is 1. The Kier molecular flexibility index (Phi) is 5.82. The second-order valence-electron chi connectivity index (χ2n) is 5.84. The number of hydrogen-bond donors (Lipinski definition) is 0. The zero-order chi connectivity index (χ0) is 19.4. The Bertz CT molecular complexity index is 915. The summed E-state index contributed by atoms with van der Waals surface area (Å²) in [5.41, 5.74) is 0.809. The number of rotatable bonds is 8. The lowest BCUT2D eigenvalue weighted by Gasteiger charge is -2.23. The zero-order valence-electron chi connectivity index (χ0n) is 15.1. The average Bonchev–Trinajstić information content (AvgIpc) is 3.32. The van der Waals surface area contributed by atoms with E-state index in [1.807, 2.05) is 24.3 Å². The van der Waals surface area contributed by atoms with Gasteiger partial charge in [-0.3, -0.25) is 19.8 Å². The van der Waals surface area contributed by atoms with Crippen molar-refractivity contribution in [3.63, 3.8) is 0 Å². The second-order valence-corrected chi connectivity index (χ2v) is 6.85. The minimum absolute atomic E-state index is 0.0690. The number of nitrogens with zero attached hydrogens (tertiary/aromatic N) is 4. The van der Waals surface area contributed by atoms with Gasteiger partial charge in [0.1, 0.15) is 4.92 Å². The fourth-order valence-corrected chi connectivity index (χ4v) is 3.70. The molecule has 142 valence electrons. The van der Waals surface area contributed by atoms with E-state index in [0.29, 0.717) is 18.2 Å². The van der Waals surface area contributed by atoms with E-state index >= 15 is 0 Å². The standard InChI is InChI=1S/C18H20N4O4S/c1-3-20(4-2)11-12-21(17(23)14-9-10-16(26-14)22(24)25)18-19-13-7-5-6-8-15(13)27-18/h5-10H,3-4,11-12H2,1-2H3. The molecule has 1 amide bonds. The molecule has 3 aromatic rings. The van der Waals surface area contributed by atoms with Gasteiger partial charge in [0.15, 0.2) is 10.9 Å². The molecule has 0 fully saturated rings. The van der Waals surface area contributed by atoms with Gasteiger partial charge < -0.3 is 9.32 Å². The summed E-state index contributed by atoms with van der Waals surface area (Å²) in [4.78, 5) is 31.5. The van der Waals surface area contributed by atoms with E-state index in [1.54, 1.807) is 0 Å². The molecule has 8 nitrogen and oxygen atoms in total. The number of nitro groups is 1. The molecule has 2 heterocycles. The molecule has 0 aliphatic rings. The summed E-state index contributed by atoms with van der Waals surface area (Å²) >= 11 is 1.41. The molecule has 27 heavy (non-hydrogen) atoms. The third-order valence-corrected chi connectivity index (χ3v) is 5.33. The predicted octanol–water partition coefficient (Wildman–Crippen LogP) is 3.79. The van der Waals surface area contributed by atoms with Gasteiger partial charge in [-0.15, -0.1) is 0 Å². The van der Waals surface area contributed by atoms with Gasteiger partial charge in [-0.1, -0.05) is 37.3 Å². The number of anilines is 1. The first-order chi connectivity index (χ1) is 13.0. The van der Waals surface area contributed by atoms with Gasteiger partial charge in [0.05, 0.1) is 16.3 Å². The number of fused-ring (bicyclic) bond motifs is 1. The highest BCUT2D eigenvalue weighted by Crippen LogP contribution is 2.30. The first-order valence-corrected chi connectivity index (χ1v) is 9.49. The lowest BCUT2D eigenvalue weighted by Crippen LogP contribution is -2.38. The van der Waals surface area contributed by atoms with Crippen LogP contribution in [0.5, 0.6) is 0 Å². The molecule has 0 N–H and O–H groups in total. The molecule has 0 aliphatic carbocycles. The predicted molar refractivity (Wildman–Crippen MR) is 104 cm³/mol. The quantitative estimate of drug-likeness (QED) is 0.431. The number of aromatic nitrogens is 1. The molecule has 0 spiro atoms. The van der Waals surface area contributed by atoms with Crippen LogP contribution in [0.3, 0.4) is 0 Å². The molecule has 0 radical (unpaired) electrons. The van der Waals surface area contributed by atoms with Crippen molar-refractivity contribution in [2.75, 3.05) is 31.1 Å². The summed E-state index contributed by atoms with van der Waals surface area (Å²) in [6.07, 6.45) is 0. The molecule has 3 rings (SSSR count). The van der Waals surface area contributed by atoms with E-state index in [1.165, 1.54) is 28.4 Å². The number of carbonyl (C=O) groups excluding carboxylic acids is 1. The highest BCUT2D eigenvalue weighted by atomic mass is 32.1. The summed E-state index contributed by atoms with van der Waals surface area (Å²) in [5.74, 6) is -0.957. The van der Waals surface area contributed by atoms with Crippen molar-refractivity contribution in [3.8, 4) is 0 Å². The van der Waals surface area contributed by atoms with Crippen molar-refractivity contribution in [2.45, 2.75) is 13.8 Å². The summed E-state index contributed by atoms with van der Waals surface area (Å²) in [7, 11) is 0. The van der Waals surface area contributed by atoms with Crippen molar-refractivity contribution in [1.82, 2.24) is 9.88 Å². The number of hydrogen-bond acceptors (Lipinski definition) is 7. The summed E-state index contributed by atoms with van der Waals surface area (Å²) in [6.45, 7) is 6.92. The number of furan rings is 1. The van der Waals surface area contributed by atoms with Crippen molar-refractivity contribution in [3.05, 3.63) is 52.3 Å². The van der Waals surface area contributed by atoms with Gasteiger partial charge in [0.2, 0.25) is 0 Å². The molecule has 0 unspecified atom stereocenters. The lowest BCUT2D eigenvalue weighted by molar-refractivity contribution is -0.402. The normalized spacial score (nSPS) is 11.2. The van der Waals surface area contributed by atoms with Gasteiger partial charge >= 0.3 is 5.88 Å². The molecular formula is C18H20N4O4S. The number of carbonyl (C=O) groups is 1. The molecule has 9 heteroatoms. The van der Waals surface area contributed by atoms with E-state index in [2.05, 4.69) is 23.7 Å². The van der Waals surface area contributed by atoms with E-state index < -0.39 is 16.7 Å². The molecule has 0 atom stereocenters. The minimum Gasteiger partial charge on any atom is -0.395 e. The van der Waals surface area contributed by atoms with E-state index in [9.17, 15) is 14.9 Å². The summed E-state index contributed by atoms with van der Waals surface area (Å²) < 4.78 is 6.09. The van der Waals surface area contributed by atoms with Crippen molar-refractivity contribution < 1.29 is 14.1 Å².